The number of sulfonamides is 1. The molecule has 7 nitrogen and oxygen atoms in total. The minimum absolute atomic E-state index is 0.153. The molecule has 2 aliphatic heterocycles. The third-order valence-electron chi connectivity index (χ3n) is 6.46. The van der Waals surface area contributed by atoms with Crippen LogP contribution in [0.4, 0.5) is 0 Å². The summed E-state index contributed by atoms with van der Waals surface area (Å²) in [6.07, 6.45) is 5.19. The molecule has 0 radical (unpaired) electrons. The second-order valence-corrected chi connectivity index (χ2v) is 10.3. The van der Waals surface area contributed by atoms with Gasteiger partial charge in [-0.15, -0.1) is 0 Å². The second kappa shape index (κ2) is 7.57. The summed E-state index contributed by atoms with van der Waals surface area (Å²) in [4.78, 5) is 14.5. The fraction of sp³-hybridized carbons (Fsp3) is 0.524. The van der Waals surface area contributed by atoms with E-state index in [9.17, 15) is 13.2 Å². The quantitative estimate of drug-likeness (QED) is 0.721. The van der Waals surface area contributed by atoms with Crippen LogP contribution in [0.5, 0.6) is 0 Å². The van der Waals surface area contributed by atoms with E-state index in [1.807, 2.05) is 30.0 Å². The number of carbonyl (C=O) groups is 1. The van der Waals surface area contributed by atoms with Gasteiger partial charge >= 0.3 is 0 Å². The number of aromatic nitrogens is 2. The average molecular weight is 417 g/mol. The monoisotopic (exact) mass is 416 g/mol. The van der Waals surface area contributed by atoms with Crippen LogP contribution in [0, 0.1) is 11.3 Å². The van der Waals surface area contributed by atoms with Crippen LogP contribution in [0.15, 0.2) is 47.6 Å². The number of amides is 1. The molecule has 0 bridgehead atoms. The lowest BCUT2D eigenvalue weighted by Crippen LogP contribution is -2.38. The predicted molar refractivity (Wildman–Crippen MR) is 110 cm³/mol. The van der Waals surface area contributed by atoms with Crippen LogP contribution in [0.3, 0.4) is 0 Å². The Morgan fingerprint density at radius 3 is 2.62 bits per heavy atom. The molecule has 2 aromatic rings. The molecule has 2 unspecified atom stereocenters. The summed E-state index contributed by atoms with van der Waals surface area (Å²) in [7, 11) is -1.86. The van der Waals surface area contributed by atoms with Gasteiger partial charge in [-0.25, -0.2) is 8.42 Å². The van der Waals surface area contributed by atoms with Crippen molar-refractivity contribution >= 4 is 15.9 Å². The van der Waals surface area contributed by atoms with Gasteiger partial charge in [0.15, 0.2) is 0 Å². The van der Waals surface area contributed by atoms with Crippen molar-refractivity contribution in [2.45, 2.75) is 31.1 Å². The van der Waals surface area contributed by atoms with E-state index in [1.54, 1.807) is 17.5 Å². The molecule has 2 saturated heterocycles. The number of rotatable bonds is 6. The Balaban J connectivity index is 1.58. The normalized spacial score (nSPS) is 24.8. The van der Waals surface area contributed by atoms with E-state index in [-0.39, 0.29) is 22.1 Å². The van der Waals surface area contributed by atoms with Gasteiger partial charge in [-0.05, 0) is 24.3 Å². The van der Waals surface area contributed by atoms with Crippen molar-refractivity contribution < 1.29 is 13.2 Å². The largest absolute Gasteiger partial charge is 0.342 e. The molecule has 156 valence electrons. The molecule has 2 aliphatic rings. The minimum Gasteiger partial charge on any atom is -0.342 e. The summed E-state index contributed by atoms with van der Waals surface area (Å²) in [5.74, 6) is 0.313. The molecule has 4 rings (SSSR count). The Morgan fingerprint density at radius 1 is 1.21 bits per heavy atom. The maximum absolute atomic E-state index is 13.2. The molecule has 2 atom stereocenters. The van der Waals surface area contributed by atoms with Gasteiger partial charge in [0.05, 0.1) is 6.20 Å². The molecule has 0 spiro atoms. The Kier molecular flexibility index (Phi) is 5.25. The molecular formula is C21H28N4O3S. The maximum Gasteiger partial charge on any atom is 0.246 e. The van der Waals surface area contributed by atoms with Crippen molar-refractivity contribution in [1.82, 2.24) is 19.0 Å². The van der Waals surface area contributed by atoms with Gasteiger partial charge in [0.2, 0.25) is 15.9 Å². The highest BCUT2D eigenvalue weighted by Gasteiger charge is 2.55. The lowest BCUT2D eigenvalue weighted by molar-refractivity contribution is -0.130. The summed E-state index contributed by atoms with van der Waals surface area (Å²) in [5.41, 5.74) is 1.05. The number of fused-ring (bicyclic) bond motifs is 1. The molecule has 3 heterocycles. The molecule has 2 fully saturated rings. The third kappa shape index (κ3) is 3.71. The van der Waals surface area contributed by atoms with Gasteiger partial charge in [-0.3, -0.25) is 9.48 Å². The Bertz CT molecular complexity index is 988. The first-order valence-corrected chi connectivity index (χ1v) is 11.6. The first kappa shape index (κ1) is 20.1. The lowest BCUT2D eigenvalue weighted by atomic mass is 9.76. The summed E-state index contributed by atoms with van der Waals surface area (Å²) >= 11 is 0. The Morgan fingerprint density at radius 2 is 1.97 bits per heavy atom. The number of hydrogen-bond acceptors (Lipinski definition) is 4. The third-order valence-corrected chi connectivity index (χ3v) is 8.22. The number of likely N-dealkylation sites (tertiary alicyclic amines) is 1. The van der Waals surface area contributed by atoms with E-state index in [1.165, 1.54) is 16.4 Å². The van der Waals surface area contributed by atoms with Crippen LogP contribution in [-0.2, 0) is 28.3 Å². The Hall–Kier alpha value is -2.19. The molecular weight excluding hydrogens is 388 g/mol. The zero-order valence-electron chi connectivity index (χ0n) is 17.0. The van der Waals surface area contributed by atoms with Crippen molar-refractivity contribution in [1.29, 1.82) is 0 Å². The topological polar surface area (TPSA) is 75.5 Å². The fourth-order valence-corrected chi connectivity index (χ4v) is 6.37. The van der Waals surface area contributed by atoms with Crippen molar-refractivity contribution in [2.24, 2.45) is 18.4 Å². The fourth-order valence-electron chi connectivity index (χ4n) is 4.80. The first-order valence-electron chi connectivity index (χ1n) is 10.1. The summed E-state index contributed by atoms with van der Waals surface area (Å²) in [5, 5.41) is 4.02. The van der Waals surface area contributed by atoms with Crippen molar-refractivity contribution in [3.63, 3.8) is 0 Å². The van der Waals surface area contributed by atoms with Gasteiger partial charge < -0.3 is 4.90 Å². The maximum atomic E-state index is 13.2. The predicted octanol–water partition coefficient (Wildman–Crippen LogP) is 1.91. The van der Waals surface area contributed by atoms with Crippen LogP contribution in [0.25, 0.3) is 0 Å². The van der Waals surface area contributed by atoms with E-state index < -0.39 is 10.0 Å². The van der Waals surface area contributed by atoms with Gasteiger partial charge in [0, 0.05) is 51.3 Å². The first-order chi connectivity index (χ1) is 13.8. The molecule has 1 aromatic carbocycles. The second-order valence-electron chi connectivity index (χ2n) is 8.32. The van der Waals surface area contributed by atoms with E-state index in [0.717, 1.165) is 12.8 Å². The van der Waals surface area contributed by atoms with Gasteiger partial charge in [-0.1, -0.05) is 37.3 Å². The van der Waals surface area contributed by atoms with Gasteiger partial charge in [-0.2, -0.15) is 9.40 Å². The SMILES string of the molecule is CCC(=O)N1CC2CN(S(=O)(=O)c3cnn(C)c3)CC2(CCc2ccccc2)C1. The summed E-state index contributed by atoms with van der Waals surface area (Å²) in [6, 6.07) is 10.3. The number of nitrogens with zero attached hydrogens (tertiary/aromatic N) is 4. The van der Waals surface area contributed by atoms with Gasteiger partial charge in [0.25, 0.3) is 0 Å². The van der Waals surface area contributed by atoms with Crippen molar-refractivity contribution in [3.8, 4) is 0 Å². The highest BCUT2D eigenvalue weighted by atomic mass is 32.2. The molecule has 1 amide bonds. The number of aryl methyl sites for hydroxylation is 2. The van der Waals surface area contributed by atoms with E-state index >= 15 is 0 Å². The molecule has 0 saturated carbocycles. The highest BCUT2D eigenvalue weighted by Crippen LogP contribution is 2.47. The smallest absolute Gasteiger partial charge is 0.246 e. The molecule has 0 aliphatic carbocycles. The van der Waals surface area contributed by atoms with E-state index in [4.69, 9.17) is 0 Å². The van der Waals surface area contributed by atoms with Crippen LogP contribution in [0.1, 0.15) is 25.3 Å². The molecule has 8 heteroatoms. The van der Waals surface area contributed by atoms with Gasteiger partial charge in [0.1, 0.15) is 4.90 Å². The van der Waals surface area contributed by atoms with E-state index in [0.29, 0.717) is 32.6 Å². The molecule has 1 aromatic heterocycles. The number of hydrogen-bond donors (Lipinski definition) is 0. The number of carbonyl (C=O) groups excluding carboxylic acids is 1. The summed E-state index contributed by atoms with van der Waals surface area (Å²) in [6.45, 7) is 4.07. The zero-order chi connectivity index (χ0) is 20.6. The zero-order valence-corrected chi connectivity index (χ0v) is 17.8. The van der Waals surface area contributed by atoms with Crippen LogP contribution in [-0.4, -0.2) is 59.5 Å². The van der Waals surface area contributed by atoms with Crippen LogP contribution >= 0.6 is 0 Å². The average Bonchev–Trinajstić information content (AvgIpc) is 3.39. The summed E-state index contributed by atoms with van der Waals surface area (Å²) < 4.78 is 29.4. The molecule has 0 N–H and O–H groups in total. The molecule has 29 heavy (non-hydrogen) atoms. The van der Waals surface area contributed by atoms with Crippen molar-refractivity contribution in [3.05, 3.63) is 48.3 Å². The van der Waals surface area contributed by atoms with E-state index in [2.05, 4.69) is 17.2 Å². The van der Waals surface area contributed by atoms with Crippen molar-refractivity contribution in [2.75, 3.05) is 26.2 Å². The van der Waals surface area contributed by atoms with Crippen LogP contribution < -0.4 is 0 Å². The Labute approximate surface area is 172 Å². The standard InChI is InChI=1S/C21H28N4O3S/c1-3-20(26)24-12-18-13-25(29(27,28)19-11-22-23(2)14-19)16-21(18,15-24)10-9-17-7-5-4-6-8-17/h4-8,11,14,18H,3,9-10,12-13,15-16H2,1-2H3. The van der Waals surface area contributed by atoms with Crippen LogP contribution in [0.2, 0.25) is 0 Å². The highest BCUT2D eigenvalue weighted by molar-refractivity contribution is 7.89. The number of benzene rings is 1. The minimum atomic E-state index is -3.58. The lowest BCUT2D eigenvalue weighted by Gasteiger charge is -2.29.